The molecule has 1 aromatic carbocycles. The summed E-state index contributed by atoms with van der Waals surface area (Å²) in [4.78, 5) is 28.0. The van der Waals surface area contributed by atoms with Crippen LogP contribution in [-0.2, 0) is 17.8 Å². The number of benzene rings is 1. The highest BCUT2D eigenvalue weighted by molar-refractivity contribution is 5.81. The van der Waals surface area contributed by atoms with Gasteiger partial charge in [-0.15, -0.1) is 0 Å². The second kappa shape index (κ2) is 9.26. The number of nitrogens with zero attached hydrogens (tertiary/aromatic N) is 4. The number of hydrogen-bond acceptors (Lipinski definition) is 8. The van der Waals surface area contributed by atoms with Crippen LogP contribution in [0.5, 0.6) is 6.01 Å². The Labute approximate surface area is 178 Å². The number of aromatic nitrogens is 5. The molecule has 0 aliphatic heterocycles. The van der Waals surface area contributed by atoms with Gasteiger partial charge in [-0.1, -0.05) is 30.3 Å². The zero-order valence-electron chi connectivity index (χ0n) is 17.0. The van der Waals surface area contributed by atoms with E-state index in [4.69, 9.17) is 15.2 Å². The van der Waals surface area contributed by atoms with E-state index < -0.39 is 0 Å². The Morgan fingerprint density at radius 2 is 2.00 bits per heavy atom. The summed E-state index contributed by atoms with van der Waals surface area (Å²) >= 11 is 0. The Balaban J connectivity index is 1.56. The smallest absolute Gasteiger partial charge is 0.328 e. The molecule has 0 unspecified atom stereocenters. The third-order valence-electron chi connectivity index (χ3n) is 4.62. The zero-order valence-corrected chi connectivity index (χ0v) is 17.0. The van der Waals surface area contributed by atoms with E-state index in [9.17, 15) is 4.79 Å². The molecule has 10 heteroatoms. The predicted molar refractivity (Wildman–Crippen MR) is 117 cm³/mol. The predicted octanol–water partition coefficient (Wildman–Crippen LogP) is 1.78. The van der Waals surface area contributed by atoms with E-state index in [1.54, 1.807) is 13.3 Å². The molecule has 0 radical (unpaired) electrons. The lowest BCUT2D eigenvalue weighted by atomic mass is 10.1. The van der Waals surface area contributed by atoms with E-state index in [-0.39, 0.29) is 24.1 Å². The van der Waals surface area contributed by atoms with Crippen molar-refractivity contribution in [3.63, 3.8) is 0 Å². The van der Waals surface area contributed by atoms with Gasteiger partial charge in [0.25, 0.3) is 0 Å². The van der Waals surface area contributed by atoms with Crippen LogP contribution in [0.15, 0.2) is 53.5 Å². The molecule has 3 heterocycles. The van der Waals surface area contributed by atoms with Gasteiger partial charge in [-0.25, -0.2) is 9.78 Å². The number of rotatable bonds is 9. The van der Waals surface area contributed by atoms with Gasteiger partial charge in [-0.3, -0.25) is 4.57 Å². The van der Waals surface area contributed by atoms with Crippen molar-refractivity contribution in [2.24, 2.45) is 0 Å². The molecule has 31 heavy (non-hydrogen) atoms. The summed E-state index contributed by atoms with van der Waals surface area (Å²) in [7, 11) is 1.57. The molecular formula is C21H23N7O3. The van der Waals surface area contributed by atoms with Crippen molar-refractivity contribution in [1.82, 2.24) is 24.5 Å². The Morgan fingerprint density at radius 1 is 1.13 bits per heavy atom. The molecule has 0 amide bonds. The molecule has 0 saturated heterocycles. The quantitative estimate of drug-likeness (QED) is 0.348. The van der Waals surface area contributed by atoms with Gasteiger partial charge in [0.15, 0.2) is 11.5 Å². The summed E-state index contributed by atoms with van der Waals surface area (Å²) in [6, 6.07) is 13.8. The Morgan fingerprint density at radius 3 is 2.81 bits per heavy atom. The zero-order chi connectivity index (χ0) is 21.6. The first kappa shape index (κ1) is 20.4. The number of hydrogen-bond donors (Lipinski definition) is 3. The molecule has 160 valence electrons. The molecule has 10 nitrogen and oxygen atoms in total. The molecular weight excluding hydrogens is 398 g/mol. The minimum atomic E-state index is -0.318. The average Bonchev–Trinajstić information content (AvgIpc) is 3.09. The SMILES string of the molecule is COCCOc1nc(N)c2[nH]c(=O)n(Cc3cccc(CNc4ccccn4)c3)c2n1. The molecule has 0 aliphatic carbocycles. The number of H-pyrrole nitrogens is 1. The Kier molecular flexibility index (Phi) is 6.08. The van der Waals surface area contributed by atoms with Crippen LogP contribution in [0, 0.1) is 0 Å². The fraction of sp³-hybridized carbons (Fsp3) is 0.238. The summed E-state index contributed by atoms with van der Waals surface area (Å²) < 4.78 is 12.0. The number of nitrogens with one attached hydrogen (secondary N) is 2. The van der Waals surface area contributed by atoms with E-state index in [0.717, 1.165) is 16.9 Å². The monoisotopic (exact) mass is 421 g/mol. The highest BCUT2D eigenvalue weighted by Crippen LogP contribution is 2.19. The first-order chi connectivity index (χ1) is 15.1. The lowest BCUT2D eigenvalue weighted by Crippen LogP contribution is -2.18. The topological polar surface area (TPSA) is 133 Å². The summed E-state index contributed by atoms with van der Waals surface area (Å²) in [6.07, 6.45) is 1.74. The van der Waals surface area contributed by atoms with Crippen LogP contribution in [0.2, 0.25) is 0 Å². The van der Waals surface area contributed by atoms with Gasteiger partial charge in [0.1, 0.15) is 17.9 Å². The van der Waals surface area contributed by atoms with E-state index >= 15 is 0 Å². The van der Waals surface area contributed by atoms with Crippen LogP contribution in [0.1, 0.15) is 11.1 Å². The minimum absolute atomic E-state index is 0.100. The van der Waals surface area contributed by atoms with Gasteiger partial charge in [0.2, 0.25) is 0 Å². The van der Waals surface area contributed by atoms with E-state index in [1.165, 1.54) is 4.57 Å². The average molecular weight is 421 g/mol. The first-order valence-corrected chi connectivity index (χ1v) is 9.74. The summed E-state index contributed by atoms with van der Waals surface area (Å²) in [5.41, 5.74) is 8.47. The van der Waals surface area contributed by atoms with Crippen LogP contribution in [0.25, 0.3) is 11.2 Å². The molecule has 0 saturated carbocycles. The molecule has 0 atom stereocenters. The van der Waals surface area contributed by atoms with Crippen molar-refractivity contribution in [2.75, 3.05) is 31.4 Å². The summed E-state index contributed by atoms with van der Waals surface area (Å²) in [6.45, 7) is 1.60. The van der Waals surface area contributed by atoms with Gasteiger partial charge < -0.3 is 25.5 Å². The normalized spacial score (nSPS) is 11.0. The van der Waals surface area contributed by atoms with Crippen molar-refractivity contribution < 1.29 is 9.47 Å². The van der Waals surface area contributed by atoms with Crippen molar-refractivity contribution in [1.29, 1.82) is 0 Å². The van der Waals surface area contributed by atoms with Gasteiger partial charge in [0, 0.05) is 19.9 Å². The molecule has 0 fully saturated rings. The van der Waals surface area contributed by atoms with Crippen molar-refractivity contribution in [3.8, 4) is 6.01 Å². The second-order valence-corrected chi connectivity index (χ2v) is 6.84. The molecule has 4 aromatic rings. The second-order valence-electron chi connectivity index (χ2n) is 6.84. The van der Waals surface area contributed by atoms with Crippen molar-refractivity contribution in [2.45, 2.75) is 13.1 Å². The highest BCUT2D eigenvalue weighted by Gasteiger charge is 2.15. The number of methoxy groups -OCH3 is 1. The van der Waals surface area contributed by atoms with Gasteiger partial charge in [0.05, 0.1) is 13.2 Å². The molecule has 0 aliphatic rings. The third kappa shape index (κ3) is 4.81. The van der Waals surface area contributed by atoms with Crippen molar-refractivity contribution >= 4 is 22.8 Å². The van der Waals surface area contributed by atoms with Crippen LogP contribution in [0.4, 0.5) is 11.6 Å². The van der Waals surface area contributed by atoms with Crippen LogP contribution in [0.3, 0.4) is 0 Å². The molecule has 3 aromatic heterocycles. The molecule has 0 bridgehead atoms. The number of pyridine rings is 1. The number of imidazole rings is 1. The molecule has 4 rings (SSSR count). The standard InChI is InChI=1S/C21H23N7O3/c1-30-9-10-31-20-26-18(22)17-19(27-20)28(21(29)25-17)13-15-6-4-5-14(11-15)12-24-16-7-2-3-8-23-16/h2-8,11H,9-10,12-13H2,1H3,(H,23,24)(H,25,29)(H2,22,26,27). The maximum atomic E-state index is 12.6. The maximum absolute atomic E-state index is 12.6. The van der Waals surface area contributed by atoms with Gasteiger partial charge >= 0.3 is 11.7 Å². The van der Waals surface area contributed by atoms with Crippen molar-refractivity contribution in [3.05, 3.63) is 70.3 Å². The summed E-state index contributed by atoms with van der Waals surface area (Å²) in [5.74, 6) is 0.954. The summed E-state index contributed by atoms with van der Waals surface area (Å²) in [5, 5.41) is 3.28. The fourth-order valence-electron chi connectivity index (χ4n) is 3.14. The Hall–Kier alpha value is -3.92. The first-order valence-electron chi connectivity index (χ1n) is 9.74. The highest BCUT2D eigenvalue weighted by atomic mass is 16.5. The third-order valence-corrected chi connectivity index (χ3v) is 4.62. The number of ether oxygens (including phenoxy) is 2. The number of nitrogens with two attached hydrogens (primary N) is 1. The minimum Gasteiger partial charge on any atom is -0.461 e. The number of fused-ring (bicyclic) bond motifs is 1. The largest absolute Gasteiger partial charge is 0.461 e. The number of nitrogen functional groups attached to an aromatic ring is 1. The van der Waals surface area contributed by atoms with Crippen LogP contribution >= 0.6 is 0 Å². The molecule has 4 N–H and O–H groups in total. The molecule has 0 spiro atoms. The maximum Gasteiger partial charge on any atom is 0.328 e. The van der Waals surface area contributed by atoms with Gasteiger partial charge in [-0.2, -0.15) is 9.97 Å². The van der Waals surface area contributed by atoms with Gasteiger partial charge in [-0.05, 0) is 23.3 Å². The van der Waals surface area contributed by atoms with E-state index in [0.29, 0.717) is 30.9 Å². The van der Waals surface area contributed by atoms with E-state index in [1.807, 2.05) is 42.5 Å². The lowest BCUT2D eigenvalue weighted by molar-refractivity contribution is 0.141. The number of anilines is 2. The van der Waals surface area contributed by atoms with E-state index in [2.05, 4.69) is 25.3 Å². The lowest BCUT2D eigenvalue weighted by Gasteiger charge is -2.09. The Bertz CT molecular complexity index is 1220. The van der Waals surface area contributed by atoms with Crippen LogP contribution in [-0.4, -0.2) is 44.8 Å². The number of aromatic amines is 1. The fourth-order valence-corrected chi connectivity index (χ4v) is 3.14. The van der Waals surface area contributed by atoms with Crippen LogP contribution < -0.4 is 21.5 Å².